The third kappa shape index (κ3) is 4.83. The van der Waals surface area contributed by atoms with E-state index in [4.69, 9.17) is 0 Å². The molecule has 0 heterocycles. The molecule has 0 spiro atoms. The van der Waals surface area contributed by atoms with Gasteiger partial charge in [-0.15, -0.1) is 10.2 Å². The number of hydrogen-bond acceptors (Lipinski definition) is 10. The van der Waals surface area contributed by atoms with Crippen LogP contribution in [-0.4, -0.2) is 24.0 Å². The number of benzene rings is 4. The van der Waals surface area contributed by atoms with E-state index >= 15 is 0 Å². The van der Waals surface area contributed by atoms with Crippen LogP contribution in [0.3, 0.4) is 0 Å². The number of carbonyl (C=O) groups is 1. The van der Waals surface area contributed by atoms with E-state index in [0.29, 0.717) is 0 Å². The van der Waals surface area contributed by atoms with Crippen molar-refractivity contribution in [3.8, 4) is 11.5 Å². The summed E-state index contributed by atoms with van der Waals surface area (Å²) in [5.41, 5.74) is -0.837. The summed E-state index contributed by atoms with van der Waals surface area (Å²) in [6, 6.07) is 16.3. The van der Waals surface area contributed by atoms with E-state index in [1.54, 1.807) is 6.07 Å². The summed E-state index contributed by atoms with van der Waals surface area (Å²) < 4.78 is 34.6. The molecule has 0 aromatic heterocycles. The molecular weight excluding hydrogens is 476 g/mol. The monoisotopic (exact) mass is 489 g/mol. The lowest BCUT2D eigenvalue weighted by molar-refractivity contribution is -0.277. The first-order valence-corrected chi connectivity index (χ1v) is 11.2. The van der Waals surface area contributed by atoms with Crippen molar-refractivity contribution < 1.29 is 33.1 Å². The quantitative estimate of drug-likeness (QED) is 0.306. The number of hydrogen-bond donors (Lipinski definition) is 1. The van der Waals surface area contributed by atoms with Crippen molar-refractivity contribution in [3.63, 3.8) is 0 Å². The number of nitrogens with zero attached hydrogens (tertiary/aromatic N) is 4. The van der Waals surface area contributed by atoms with Crippen LogP contribution in [0.4, 0.5) is 22.7 Å². The highest BCUT2D eigenvalue weighted by Gasteiger charge is 2.10. The van der Waals surface area contributed by atoms with Crippen molar-refractivity contribution in [3.05, 3.63) is 78.4 Å². The van der Waals surface area contributed by atoms with Gasteiger partial charge >= 0.3 is 5.97 Å². The SMILES string of the molecule is O=C(O)c1ccccc1N=Nc1ccc([O-])c(N=Nc2cccc3c(S(=O)(=O)[O-])cccc23)c1[O-]. The number of carboxylic acid groups (broad SMARTS) is 1. The molecule has 0 aliphatic rings. The van der Waals surface area contributed by atoms with E-state index in [9.17, 15) is 33.1 Å². The number of fused-ring (bicyclic) bond motifs is 1. The first kappa shape index (κ1) is 23.5. The van der Waals surface area contributed by atoms with Gasteiger partial charge in [0.25, 0.3) is 0 Å². The Bertz CT molecular complexity index is 1630. The maximum atomic E-state index is 12.8. The van der Waals surface area contributed by atoms with Crippen LogP contribution in [0.15, 0.2) is 98.1 Å². The molecular formula is C23H13N4O7S-3. The summed E-state index contributed by atoms with van der Waals surface area (Å²) in [5, 5.41) is 49.9. The lowest BCUT2D eigenvalue weighted by Gasteiger charge is -2.18. The number of rotatable bonds is 6. The average Bonchev–Trinajstić information content (AvgIpc) is 2.82. The molecule has 0 bridgehead atoms. The van der Waals surface area contributed by atoms with Gasteiger partial charge in [0.05, 0.1) is 27.5 Å². The molecule has 0 radical (unpaired) electrons. The second-order valence-electron chi connectivity index (χ2n) is 7.07. The fraction of sp³-hybridized carbons (Fsp3) is 0. The van der Waals surface area contributed by atoms with Gasteiger partial charge in [0.2, 0.25) is 0 Å². The first-order chi connectivity index (χ1) is 16.7. The van der Waals surface area contributed by atoms with Crippen LogP contribution >= 0.6 is 0 Å². The number of carboxylic acids is 1. The molecule has 0 amide bonds. The van der Waals surface area contributed by atoms with Gasteiger partial charge < -0.3 is 19.9 Å². The smallest absolute Gasteiger partial charge is 0.337 e. The van der Waals surface area contributed by atoms with Crippen molar-refractivity contribution in [1.29, 1.82) is 0 Å². The van der Waals surface area contributed by atoms with E-state index in [0.717, 1.165) is 18.2 Å². The highest BCUT2D eigenvalue weighted by Crippen LogP contribution is 2.41. The second kappa shape index (κ2) is 9.29. The van der Waals surface area contributed by atoms with E-state index in [-0.39, 0.29) is 33.4 Å². The van der Waals surface area contributed by atoms with Crippen LogP contribution in [0, 0.1) is 0 Å². The van der Waals surface area contributed by atoms with Crippen LogP contribution in [0.5, 0.6) is 11.5 Å². The molecule has 176 valence electrons. The zero-order valence-corrected chi connectivity index (χ0v) is 18.3. The summed E-state index contributed by atoms with van der Waals surface area (Å²) in [5.74, 6) is -2.86. The van der Waals surface area contributed by atoms with Crippen molar-refractivity contribution in [1.82, 2.24) is 0 Å². The molecule has 4 aromatic rings. The van der Waals surface area contributed by atoms with Gasteiger partial charge in [0, 0.05) is 10.8 Å². The van der Waals surface area contributed by atoms with Crippen LogP contribution < -0.4 is 10.2 Å². The minimum atomic E-state index is -4.75. The summed E-state index contributed by atoms with van der Waals surface area (Å²) in [4.78, 5) is 10.9. The standard InChI is InChI=1S/C23H16N4O7S/c28-19-12-11-18(26-24-17-8-2-1-5-15(17)23(30)31)22(29)21(19)27-25-16-9-3-7-14-13(16)6-4-10-20(14)35(32,33)34/h1-12,28-29H,(H,30,31)(H,32,33,34)/p-3. The van der Waals surface area contributed by atoms with Crippen molar-refractivity contribution in [2.45, 2.75) is 4.90 Å². The van der Waals surface area contributed by atoms with Crippen molar-refractivity contribution >= 4 is 49.6 Å². The lowest BCUT2D eigenvalue weighted by Crippen LogP contribution is -1.99. The Labute approximate surface area is 198 Å². The summed E-state index contributed by atoms with van der Waals surface area (Å²) in [6.45, 7) is 0. The molecule has 11 nitrogen and oxygen atoms in total. The zero-order valence-electron chi connectivity index (χ0n) is 17.5. The van der Waals surface area contributed by atoms with Crippen LogP contribution in [0.1, 0.15) is 10.4 Å². The minimum Gasteiger partial charge on any atom is -0.871 e. The number of aromatic carboxylic acids is 1. The lowest BCUT2D eigenvalue weighted by atomic mass is 10.1. The fourth-order valence-corrected chi connectivity index (χ4v) is 3.93. The largest absolute Gasteiger partial charge is 0.871 e. The van der Waals surface area contributed by atoms with Crippen LogP contribution in [0.25, 0.3) is 10.8 Å². The molecule has 4 rings (SSSR count). The Morgan fingerprint density at radius 1 is 0.714 bits per heavy atom. The third-order valence-corrected chi connectivity index (χ3v) is 5.75. The summed E-state index contributed by atoms with van der Waals surface area (Å²) in [7, 11) is -4.75. The zero-order chi connectivity index (χ0) is 25.2. The van der Waals surface area contributed by atoms with Crippen molar-refractivity contribution in [2.24, 2.45) is 20.5 Å². The predicted molar refractivity (Wildman–Crippen MR) is 119 cm³/mol. The third-order valence-electron chi connectivity index (χ3n) is 4.86. The van der Waals surface area contributed by atoms with Gasteiger partial charge in [0.1, 0.15) is 15.8 Å². The number of azo groups is 2. The molecule has 0 saturated heterocycles. The maximum Gasteiger partial charge on any atom is 0.337 e. The van der Waals surface area contributed by atoms with E-state index in [1.807, 2.05) is 0 Å². The van der Waals surface area contributed by atoms with Crippen LogP contribution in [-0.2, 0) is 10.1 Å². The Morgan fingerprint density at radius 2 is 1.34 bits per heavy atom. The highest BCUT2D eigenvalue weighted by atomic mass is 32.2. The molecule has 0 aliphatic heterocycles. The van der Waals surface area contributed by atoms with Gasteiger partial charge in [-0.2, -0.15) is 10.2 Å². The minimum absolute atomic E-state index is 0.00802. The topological polar surface area (TPSA) is 190 Å². The molecule has 0 fully saturated rings. The maximum absolute atomic E-state index is 12.8. The Morgan fingerprint density at radius 3 is 2.09 bits per heavy atom. The molecule has 0 saturated carbocycles. The molecule has 12 heteroatoms. The van der Waals surface area contributed by atoms with Crippen molar-refractivity contribution in [2.75, 3.05) is 0 Å². The Balaban J connectivity index is 1.74. The van der Waals surface area contributed by atoms with Crippen LogP contribution in [0.2, 0.25) is 0 Å². The Hall–Kier alpha value is -4.68. The fourth-order valence-electron chi connectivity index (χ4n) is 3.24. The molecule has 0 unspecified atom stereocenters. The molecule has 1 N–H and O–H groups in total. The molecule has 35 heavy (non-hydrogen) atoms. The van der Waals surface area contributed by atoms with Gasteiger partial charge in [-0.3, -0.25) is 0 Å². The van der Waals surface area contributed by atoms with E-state index < -0.39 is 38.2 Å². The summed E-state index contributed by atoms with van der Waals surface area (Å²) in [6.07, 6.45) is 0. The average molecular weight is 489 g/mol. The van der Waals surface area contributed by atoms with Gasteiger partial charge in [-0.25, -0.2) is 13.2 Å². The van der Waals surface area contributed by atoms with Gasteiger partial charge in [-0.05, 0) is 30.3 Å². The molecule has 4 aromatic carbocycles. The van der Waals surface area contributed by atoms with Gasteiger partial charge in [0.15, 0.2) is 0 Å². The molecule has 0 atom stereocenters. The van der Waals surface area contributed by atoms with E-state index in [2.05, 4.69) is 20.5 Å². The van der Waals surface area contributed by atoms with Gasteiger partial charge in [-0.1, -0.05) is 54.0 Å². The first-order valence-electron chi connectivity index (χ1n) is 9.81. The highest BCUT2D eigenvalue weighted by molar-refractivity contribution is 7.86. The normalized spacial score (nSPS) is 12.0. The summed E-state index contributed by atoms with van der Waals surface area (Å²) >= 11 is 0. The second-order valence-corrected chi connectivity index (χ2v) is 8.41. The Kier molecular flexibility index (Phi) is 6.23. The van der Waals surface area contributed by atoms with E-state index in [1.165, 1.54) is 48.5 Å². The predicted octanol–water partition coefficient (Wildman–Crippen LogP) is 4.42. The molecule has 0 aliphatic carbocycles.